The van der Waals surface area contributed by atoms with Gasteiger partial charge in [0.05, 0.1) is 18.6 Å². The minimum absolute atomic E-state index is 0.295. The van der Waals surface area contributed by atoms with Crippen LogP contribution in [-0.2, 0) is 19.2 Å². The Balaban J connectivity index is 2.21. The highest BCUT2D eigenvalue weighted by molar-refractivity contribution is 7.85. The van der Waals surface area contributed by atoms with Crippen molar-refractivity contribution >= 4 is 16.4 Å². The third-order valence-electron chi connectivity index (χ3n) is 2.84. The van der Waals surface area contributed by atoms with E-state index in [2.05, 4.69) is 4.18 Å². The van der Waals surface area contributed by atoms with Gasteiger partial charge >= 0.3 is 16.4 Å². The van der Waals surface area contributed by atoms with Crippen LogP contribution in [0.15, 0.2) is 0 Å². The highest BCUT2D eigenvalue weighted by Crippen LogP contribution is 2.53. The minimum Gasteiger partial charge on any atom is -0.443 e. The number of alkyl halides is 2. The third kappa shape index (κ3) is 2.81. The molecule has 0 aromatic rings. The van der Waals surface area contributed by atoms with Crippen LogP contribution >= 0.6 is 0 Å². The minimum atomic E-state index is -4.34. The highest BCUT2D eigenvalue weighted by atomic mass is 32.2. The van der Waals surface area contributed by atoms with E-state index in [9.17, 15) is 22.0 Å². The molecule has 19 heavy (non-hydrogen) atoms. The van der Waals surface area contributed by atoms with Crippen LogP contribution in [0.25, 0.3) is 0 Å². The van der Waals surface area contributed by atoms with Crippen LogP contribution in [0.4, 0.5) is 13.6 Å². The van der Waals surface area contributed by atoms with Gasteiger partial charge in [-0.25, -0.2) is 13.6 Å². The summed E-state index contributed by atoms with van der Waals surface area (Å²) >= 11 is 0. The van der Waals surface area contributed by atoms with E-state index in [0.717, 1.165) is 0 Å². The van der Waals surface area contributed by atoms with Crippen molar-refractivity contribution < 1.29 is 30.9 Å². The van der Waals surface area contributed by atoms with Gasteiger partial charge < -0.3 is 4.74 Å². The van der Waals surface area contributed by atoms with Crippen LogP contribution in [0, 0.1) is 5.92 Å². The van der Waals surface area contributed by atoms with Crippen LogP contribution in [0.2, 0.25) is 0 Å². The van der Waals surface area contributed by atoms with E-state index in [4.69, 9.17) is 4.74 Å². The first-order valence-electron chi connectivity index (χ1n) is 5.74. The van der Waals surface area contributed by atoms with Gasteiger partial charge in [0.15, 0.2) is 0 Å². The molecule has 1 amide bonds. The van der Waals surface area contributed by atoms with E-state index in [-0.39, 0.29) is 0 Å². The van der Waals surface area contributed by atoms with Gasteiger partial charge in [-0.15, -0.1) is 0 Å². The summed E-state index contributed by atoms with van der Waals surface area (Å²) in [6.07, 6.45) is -1.63. The summed E-state index contributed by atoms with van der Waals surface area (Å²) in [4.78, 5) is 11.8. The van der Waals surface area contributed by atoms with Crippen LogP contribution in [0.5, 0.6) is 0 Å². The van der Waals surface area contributed by atoms with Crippen molar-refractivity contribution in [1.29, 1.82) is 0 Å². The molecule has 0 aromatic carbocycles. The van der Waals surface area contributed by atoms with Gasteiger partial charge in [-0.05, 0) is 20.8 Å². The summed E-state index contributed by atoms with van der Waals surface area (Å²) in [5.74, 6) is -4.15. The molecule has 2 aliphatic rings. The second kappa shape index (κ2) is 4.02. The van der Waals surface area contributed by atoms with E-state index >= 15 is 0 Å². The van der Waals surface area contributed by atoms with Crippen molar-refractivity contribution in [2.24, 2.45) is 5.92 Å². The fourth-order valence-corrected chi connectivity index (χ4v) is 3.10. The Kier molecular flexibility index (Phi) is 3.05. The van der Waals surface area contributed by atoms with Crippen LogP contribution in [-0.4, -0.2) is 43.0 Å². The predicted octanol–water partition coefficient (Wildman–Crippen LogP) is 1.52. The van der Waals surface area contributed by atoms with E-state index in [0.29, 0.717) is 4.31 Å². The van der Waals surface area contributed by atoms with E-state index < -0.39 is 52.9 Å². The molecule has 0 radical (unpaired) electrons. The zero-order chi connectivity index (χ0) is 14.6. The van der Waals surface area contributed by atoms with Crippen molar-refractivity contribution in [3.63, 3.8) is 0 Å². The quantitative estimate of drug-likeness (QED) is 0.734. The molecule has 2 fully saturated rings. The maximum atomic E-state index is 13.0. The maximum Gasteiger partial charge on any atom is 0.426 e. The predicted molar refractivity (Wildman–Crippen MR) is 59.8 cm³/mol. The van der Waals surface area contributed by atoms with Gasteiger partial charge in [0.1, 0.15) is 5.60 Å². The summed E-state index contributed by atoms with van der Waals surface area (Å²) in [6.45, 7) is 4.20. The molecule has 1 saturated carbocycles. The first kappa shape index (κ1) is 14.4. The van der Waals surface area contributed by atoms with Crippen molar-refractivity contribution in [2.75, 3.05) is 6.61 Å². The number of amides is 1. The topological polar surface area (TPSA) is 72.9 Å². The first-order chi connectivity index (χ1) is 8.44. The van der Waals surface area contributed by atoms with Crippen LogP contribution < -0.4 is 0 Å². The smallest absolute Gasteiger partial charge is 0.426 e. The molecule has 110 valence electrons. The lowest BCUT2D eigenvalue weighted by atomic mass is 10.2. The second-order valence-electron chi connectivity index (χ2n) is 5.66. The zero-order valence-corrected chi connectivity index (χ0v) is 11.5. The number of hydrogen-bond acceptors (Lipinski definition) is 5. The molecule has 0 N–H and O–H groups in total. The molecule has 0 aromatic heterocycles. The lowest BCUT2D eigenvalue weighted by molar-refractivity contribution is 0.0290. The van der Waals surface area contributed by atoms with E-state index in [1.165, 1.54) is 0 Å². The van der Waals surface area contributed by atoms with Gasteiger partial charge in [-0.2, -0.15) is 12.7 Å². The Morgan fingerprint density at radius 2 is 1.95 bits per heavy atom. The second-order valence-corrected chi connectivity index (χ2v) is 7.14. The van der Waals surface area contributed by atoms with Crippen molar-refractivity contribution in [2.45, 2.75) is 44.8 Å². The number of rotatable bonds is 1. The largest absolute Gasteiger partial charge is 0.443 e. The SMILES string of the molecule is CC(C)(C)OC(=O)N1[C@@H](C2CC2(F)F)COS1(=O)=O. The summed E-state index contributed by atoms with van der Waals surface area (Å²) in [5.41, 5.74) is -0.925. The van der Waals surface area contributed by atoms with Gasteiger partial charge in [0.2, 0.25) is 0 Å². The maximum absolute atomic E-state index is 13.0. The number of halogens is 2. The molecule has 1 aliphatic carbocycles. The molecule has 1 unspecified atom stereocenters. The molecule has 1 saturated heterocycles. The summed E-state index contributed by atoms with van der Waals surface area (Å²) in [7, 11) is -4.34. The Hall–Kier alpha value is -0.960. The van der Waals surface area contributed by atoms with Gasteiger partial charge in [-0.1, -0.05) is 0 Å². The fraction of sp³-hybridized carbons (Fsp3) is 0.900. The number of hydrogen-bond donors (Lipinski definition) is 0. The number of carbonyl (C=O) groups is 1. The molecule has 1 aliphatic heterocycles. The molecule has 1 heterocycles. The number of nitrogens with zero attached hydrogens (tertiary/aromatic N) is 1. The van der Waals surface area contributed by atoms with Gasteiger partial charge in [-0.3, -0.25) is 4.18 Å². The normalized spacial score (nSPS) is 32.2. The molecule has 9 heteroatoms. The summed E-state index contributed by atoms with van der Waals surface area (Å²) in [6, 6.07) is -1.20. The summed E-state index contributed by atoms with van der Waals surface area (Å²) < 4.78 is 59.0. The monoisotopic (exact) mass is 299 g/mol. The molecular formula is C10H15F2NO5S. The molecule has 0 spiro atoms. The van der Waals surface area contributed by atoms with Crippen LogP contribution in [0.1, 0.15) is 27.2 Å². The Morgan fingerprint density at radius 1 is 1.42 bits per heavy atom. The number of carbonyl (C=O) groups excluding carboxylic acids is 1. The fourth-order valence-electron chi connectivity index (χ4n) is 1.91. The van der Waals surface area contributed by atoms with Gasteiger partial charge in [0, 0.05) is 6.42 Å². The summed E-state index contributed by atoms with van der Waals surface area (Å²) in [5, 5.41) is 0. The molecule has 2 rings (SSSR count). The first-order valence-corrected chi connectivity index (χ1v) is 7.10. The third-order valence-corrected chi connectivity index (χ3v) is 4.18. The van der Waals surface area contributed by atoms with Crippen LogP contribution in [0.3, 0.4) is 0 Å². The number of ether oxygens (including phenoxy) is 1. The van der Waals surface area contributed by atoms with E-state index in [1.54, 1.807) is 20.8 Å². The molecule has 6 nitrogen and oxygen atoms in total. The average molecular weight is 299 g/mol. The lowest BCUT2D eigenvalue weighted by Gasteiger charge is -2.25. The van der Waals surface area contributed by atoms with Crippen molar-refractivity contribution in [1.82, 2.24) is 4.31 Å². The highest BCUT2D eigenvalue weighted by Gasteiger charge is 2.66. The molecule has 2 atom stereocenters. The Labute approximate surface area is 109 Å². The molecule has 0 bridgehead atoms. The molecular weight excluding hydrogens is 284 g/mol. The Bertz CT molecular complexity index is 499. The zero-order valence-electron chi connectivity index (χ0n) is 10.7. The Morgan fingerprint density at radius 3 is 2.37 bits per heavy atom. The average Bonchev–Trinajstić information content (AvgIpc) is 2.64. The van der Waals surface area contributed by atoms with E-state index in [1.807, 2.05) is 0 Å². The lowest BCUT2D eigenvalue weighted by Crippen LogP contribution is -2.44. The van der Waals surface area contributed by atoms with Gasteiger partial charge in [0.25, 0.3) is 5.92 Å². The van der Waals surface area contributed by atoms with Crippen molar-refractivity contribution in [3.8, 4) is 0 Å². The standard InChI is InChI=1S/C10H15F2NO5S/c1-9(2,3)18-8(14)13-7(5-17-19(13,15)16)6-4-10(6,11)12/h6-7H,4-5H2,1-3H3/t6?,7-/m1/s1. The van der Waals surface area contributed by atoms with Crippen molar-refractivity contribution in [3.05, 3.63) is 0 Å².